The van der Waals surface area contributed by atoms with E-state index >= 15 is 0 Å². The first kappa shape index (κ1) is 12.7. The third kappa shape index (κ3) is 5.33. The Bertz CT molecular complexity index is 189. The van der Waals surface area contributed by atoms with E-state index in [-0.39, 0.29) is 6.04 Å². The van der Waals surface area contributed by atoms with E-state index in [9.17, 15) is 0 Å². The maximum atomic E-state index is 6.19. The summed E-state index contributed by atoms with van der Waals surface area (Å²) in [4.78, 5) is 0. The molecule has 2 nitrogen and oxygen atoms in total. The summed E-state index contributed by atoms with van der Waals surface area (Å²) < 4.78 is 5.05. The Balaban J connectivity index is 2.30. The van der Waals surface area contributed by atoms with Crippen molar-refractivity contribution in [1.29, 1.82) is 0 Å². The normalized spacial score (nSPS) is 20.3. The van der Waals surface area contributed by atoms with Gasteiger partial charge in [-0.25, -0.2) is 0 Å². The van der Waals surface area contributed by atoms with Crippen molar-refractivity contribution >= 4 is 0 Å². The highest BCUT2D eigenvalue weighted by Crippen LogP contribution is 2.20. The molecule has 0 amide bonds. The lowest BCUT2D eigenvalue weighted by Gasteiger charge is -2.18. The van der Waals surface area contributed by atoms with Gasteiger partial charge >= 0.3 is 0 Å². The first-order chi connectivity index (χ1) is 7.34. The van der Waals surface area contributed by atoms with E-state index in [4.69, 9.17) is 10.5 Å². The minimum Gasteiger partial charge on any atom is -0.385 e. The smallest absolute Gasteiger partial charge is 0.0462 e. The zero-order valence-corrected chi connectivity index (χ0v) is 10.0. The van der Waals surface area contributed by atoms with Crippen LogP contribution < -0.4 is 5.73 Å². The molecule has 0 aromatic carbocycles. The van der Waals surface area contributed by atoms with E-state index in [0.717, 1.165) is 19.4 Å². The van der Waals surface area contributed by atoms with E-state index in [1.54, 1.807) is 7.11 Å². The standard InChI is InChI=1S/C13H25NO/c1-15-11-7-10-13(14)12-8-5-3-2-4-6-9-12/h8,13H,2-7,9-11,14H2,1H3. The van der Waals surface area contributed by atoms with Gasteiger partial charge in [0.25, 0.3) is 0 Å². The van der Waals surface area contributed by atoms with Crippen molar-refractivity contribution in [1.82, 2.24) is 0 Å². The number of rotatable bonds is 5. The zero-order valence-electron chi connectivity index (χ0n) is 10.0. The number of nitrogens with two attached hydrogens (primary N) is 1. The molecule has 0 bridgehead atoms. The molecule has 0 spiro atoms. The molecule has 0 saturated carbocycles. The van der Waals surface area contributed by atoms with Gasteiger partial charge in [-0.05, 0) is 38.5 Å². The van der Waals surface area contributed by atoms with Crippen molar-refractivity contribution in [3.63, 3.8) is 0 Å². The van der Waals surface area contributed by atoms with Crippen molar-refractivity contribution in [2.24, 2.45) is 5.73 Å². The predicted molar refractivity (Wildman–Crippen MR) is 64.9 cm³/mol. The third-order valence-electron chi connectivity index (χ3n) is 3.17. The molecule has 2 N–H and O–H groups in total. The van der Waals surface area contributed by atoms with Crippen molar-refractivity contribution in [2.75, 3.05) is 13.7 Å². The summed E-state index contributed by atoms with van der Waals surface area (Å²) in [6, 6.07) is 0.276. The average molecular weight is 211 g/mol. The van der Waals surface area contributed by atoms with Crippen LogP contribution in [0.25, 0.3) is 0 Å². The average Bonchev–Trinajstić information content (AvgIpc) is 2.17. The van der Waals surface area contributed by atoms with Gasteiger partial charge in [0, 0.05) is 19.8 Å². The van der Waals surface area contributed by atoms with Crippen LogP contribution in [-0.4, -0.2) is 19.8 Å². The molecule has 1 aliphatic rings. The van der Waals surface area contributed by atoms with Gasteiger partial charge in [0.05, 0.1) is 0 Å². The van der Waals surface area contributed by atoms with E-state index in [1.165, 1.54) is 44.1 Å². The summed E-state index contributed by atoms with van der Waals surface area (Å²) >= 11 is 0. The molecular weight excluding hydrogens is 186 g/mol. The summed E-state index contributed by atoms with van der Waals surface area (Å²) in [6.07, 6.45) is 12.4. The van der Waals surface area contributed by atoms with Crippen LogP contribution in [0.1, 0.15) is 51.4 Å². The van der Waals surface area contributed by atoms with Crippen LogP contribution in [0.2, 0.25) is 0 Å². The molecule has 0 aromatic rings. The van der Waals surface area contributed by atoms with Crippen LogP contribution in [0, 0.1) is 0 Å². The largest absolute Gasteiger partial charge is 0.385 e. The molecule has 1 unspecified atom stereocenters. The van der Waals surface area contributed by atoms with Gasteiger partial charge in [0.15, 0.2) is 0 Å². The fraction of sp³-hybridized carbons (Fsp3) is 0.846. The molecule has 1 aliphatic carbocycles. The summed E-state index contributed by atoms with van der Waals surface area (Å²) in [6.45, 7) is 0.834. The van der Waals surface area contributed by atoms with E-state index in [0.29, 0.717) is 0 Å². The number of ether oxygens (including phenoxy) is 1. The van der Waals surface area contributed by atoms with Crippen LogP contribution in [0.15, 0.2) is 11.6 Å². The molecule has 15 heavy (non-hydrogen) atoms. The van der Waals surface area contributed by atoms with Gasteiger partial charge in [-0.2, -0.15) is 0 Å². The molecule has 0 heterocycles. The Kier molecular flexibility index (Phi) is 6.69. The van der Waals surface area contributed by atoms with Crippen LogP contribution >= 0.6 is 0 Å². The van der Waals surface area contributed by atoms with Crippen molar-refractivity contribution in [3.05, 3.63) is 11.6 Å². The topological polar surface area (TPSA) is 35.2 Å². The molecule has 0 radical (unpaired) electrons. The highest BCUT2D eigenvalue weighted by atomic mass is 16.5. The van der Waals surface area contributed by atoms with Gasteiger partial charge in [0.1, 0.15) is 0 Å². The summed E-state index contributed by atoms with van der Waals surface area (Å²) in [7, 11) is 1.75. The SMILES string of the molecule is COCCCC(N)C1=CCCCCCC1. The first-order valence-corrected chi connectivity index (χ1v) is 6.28. The van der Waals surface area contributed by atoms with Gasteiger partial charge < -0.3 is 10.5 Å². The molecule has 1 atom stereocenters. The van der Waals surface area contributed by atoms with E-state index < -0.39 is 0 Å². The van der Waals surface area contributed by atoms with Crippen LogP contribution in [-0.2, 0) is 4.74 Å². The molecule has 0 aromatic heterocycles. The second-order valence-electron chi connectivity index (χ2n) is 4.47. The highest BCUT2D eigenvalue weighted by Gasteiger charge is 2.10. The summed E-state index contributed by atoms with van der Waals surface area (Å²) in [5.74, 6) is 0. The quantitative estimate of drug-likeness (QED) is 0.560. The monoisotopic (exact) mass is 211 g/mol. The Morgan fingerprint density at radius 1 is 1.33 bits per heavy atom. The van der Waals surface area contributed by atoms with Crippen LogP contribution in [0.3, 0.4) is 0 Å². The number of hydrogen-bond donors (Lipinski definition) is 1. The van der Waals surface area contributed by atoms with Gasteiger partial charge in [-0.15, -0.1) is 0 Å². The Morgan fingerprint density at radius 2 is 2.13 bits per heavy atom. The van der Waals surface area contributed by atoms with Gasteiger partial charge in [0.2, 0.25) is 0 Å². The molecule has 0 fully saturated rings. The zero-order chi connectivity index (χ0) is 10.9. The fourth-order valence-corrected chi connectivity index (χ4v) is 2.19. The van der Waals surface area contributed by atoms with Crippen molar-refractivity contribution in [3.8, 4) is 0 Å². The van der Waals surface area contributed by atoms with Gasteiger partial charge in [-0.1, -0.05) is 24.5 Å². The minimum atomic E-state index is 0.276. The lowest BCUT2D eigenvalue weighted by Crippen LogP contribution is -2.23. The molecule has 0 saturated heterocycles. The van der Waals surface area contributed by atoms with Crippen molar-refractivity contribution in [2.45, 2.75) is 57.4 Å². The van der Waals surface area contributed by atoms with Gasteiger partial charge in [-0.3, -0.25) is 0 Å². The third-order valence-corrected chi connectivity index (χ3v) is 3.17. The van der Waals surface area contributed by atoms with E-state index in [2.05, 4.69) is 6.08 Å². The van der Waals surface area contributed by atoms with Crippen molar-refractivity contribution < 1.29 is 4.74 Å². The number of allylic oxidation sites excluding steroid dienone is 1. The first-order valence-electron chi connectivity index (χ1n) is 6.28. The fourth-order valence-electron chi connectivity index (χ4n) is 2.19. The predicted octanol–water partition coefficient (Wildman–Crippen LogP) is 3.02. The molecule has 1 rings (SSSR count). The number of methoxy groups -OCH3 is 1. The highest BCUT2D eigenvalue weighted by molar-refractivity contribution is 5.10. The minimum absolute atomic E-state index is 0.276. The maximum Gasteiger partial charge on any atom is 0.0462 e. The molecule has 0 aliphatic heterocycles. The summed E-state index contributed by atoms with van der Waals surface area (Å²) in [5, 5.41) is 0. The van der Waals surface area contributed by atoms with E-state index in [1.807, 2.05) is 0 Å². The maximum absolute atomic E-state index is 6.19. The second kappa shape index (κ2) is 7.89. The molecular formula is C13H25NO. The van der Waals surface area contributed by atoms with Crippen LogP contribution in [0.4, 0.5) is 0 Å². The number of hydrogen-bond acceptors (Lipinski definition) is 2. The Labute approximate surface area is 93.9 Å². The molecule has 2 heteroatoms. The lowest BCUT2D eigenvalue weighted by atomic mass is 9.93. The Morgan fingerprint density at radius 3 is 2.93 bits per heavy atom. The Hall–Kier alpha value is -0.340. The van der Waals surface area contributed by atoms with Crippen LogP contribution in [0.5, 0.6) is 0 Å². The summed E-state index contributed by atoms with van der Waals surface area (Å²) in [5.41, 5.74) is 7.68. The second-order valence-corrected chi connectivity index (χ2v) is 4.47. The lowest BCUT2D eigenvalue weighted by molar-refractivity contribution is 0.191. The molecule has 88 valence electrons.